The third kappa shape index (κ3) is 6.00. The molecule has 1 aromatic rings. The maximum atomic E-state index is 5.52. The largest absolute Gasteiger partial charge is 0.491 e. The van der Waals surface area contributed by atoms with E-state index < -0.39 is 0 Å². The van der Waals surface area contributed by atoms with Crippen LogP contribution in [0.25, 0.3) is 0 Å². The van der Waals surface area contributed by atoms with Gasteiger partial charge in [-0.1, -0.05) is 29.6 Å². The van der Waals surface area contributed by atoms with E-state index in [4.69, 9.17) is 9.47 Å². The monoisotopic (exact) mass is 241 g/mol. The molecule has 1 aromatic carbocycles. The van der Waals surface area contributed by atoms with Gasteiger partial charge in [0.25, 0.3) is 0 Å². The van der Waals surface area contributed by atoms with Gasteiger partial charge in [-0.2, -0.15) is 0 Å². The molecule has 0 aliphatic heterocycles. The summed E-state index contributed by atoms with van der Waals surface area (Å²) in [5.41, 5.74) is 1.24. The fourth-order valence-corrected chi connectivity index (χ4v) is 1.46. The van der Waals surface area contributed by atoms with Gasteiger partial charge in [0.15, 0.2) is 0 Å². The Bertz CT molecular complexity index is 277. The molecule has 4 heteroatoms. The molecule has 0 radical (unpaired) electrons. The van der Waals surface area contributed by atoms with Crippen LogP contribution in [0.5, 0.6) is 5.75 Å². The summed E-state index contributed by atoms with van der Waals surface area (Å²) >= 11 is 1.60. The van der Waals surface area contributed by atoms with Crippen LogP contribution in [-0.2, 0) is 4.74 Å². The molecule has 0 unspecified atom stereocenters. The first kappa shape index (κ1) is 13.4. The quantitative estimate of drug-likeness (QED) is 0.558. The van der Waals surface area contributed by atoms with Crippen LogP contribution in [0.2, 0.25) is 0 Å². The molecule has 1 rings (SSSR count). The molecule has 0 bridgehead atoms. The van der Waals surface area contributed by atoms with Gasteiger partial charge in [-0.15, -0.1) is 0 Å². The summed E-state index contributed by atoms with van der Waals surface area (Å²) in [6.45, 7) is 4.88. The lowest BCUT2D eigenvalue weighted by Gasteiger charge is -2.07. The van der Waals surface area contributed by atoms with Crippen molar-refractivity contribution in [2.45, 2.75) is 6.92 Å². The second kappa shape index (κ2) is 8.44. The molecular weight excluding hydrogens is 222 g/mol. The standard InChI is InChI=1S/C12H19NO2S/c1-11-3-5-12(6-4-11)15-10-9-14-8-7-13-16-2/h3-6,13H,7-10H2,1-2H3. The van der Waals surface area contributed by atoms with Crippen LogP contribution < -0.4 is 9.46 Å². The highest BCUT2D eigenvalue weighted by Crippen LogP contribution is 2.10. The number of aryl methyl sites for hydroxylation is 1. The van der Waals surface area contributed by atoms with Crippen molar-refractivity contribution in [1.29, 1.82) is 0 Å². The maximum absolute atomic E-state index is 5.52. The van der Waals surface area contributed by atoms with Gasteiger partial charge >= 0.3 is 0 Å². The molecule has 0 spiro atoms. The zero-order chi connectivity index (χ0) is 11.6. The van der Waals surface area contributed by atoms with E-state index in [9.17, 15) is 0 Å². The van der Waals surface area contributed by atoms with E-state index in [-0.39, 0.29) is 0 Å². The summed E-state index contributed by atoms with van der Waals surface area (Å²) in [6, 6.07) is 8.03. The lowest BCUT2D eigenvalue weighted by molar-refractivity contribution is 0.104. The molecule has 0 aromatic heterocycles. The second-order valence-electron chi connectivity index (χ2n) is 3.37. The minimum absolute atomic E-state index is 0.600. The second-order valence-corrected chi connectivity index (χ2v) is 4.07. The summed E-state index contributed by atoms with van der Waals surface area (Å²) in [4.78, 5) is 0. The smallest absolute Gasteiger partial charge is 0.119 e. The molecular formula is C12H19NO2S. The van der Waals surface area contributed by atoms with Crippen LogP contribution in [0.15, 0.2) is 24.3 Å². The van der Waals surface area contributed by atoms with Crippen LogP contribution >= 0.6 is 11.9 Å². The molecule has 0 heterocycles. The number of nitrogens with one attached hydrogen (secondary N) is 1. The Balaban J connectivity index is 2.01. The first-order valence-corrected chi connectivity index (χ1v) is 6.58. The van der Waals surface area contributed by atoms with Crippen molar-refractivity contribution in [2.24, 2.45) is 0 Å². The topological polar surface area (TPSA) is 30.5 Å². The van der Waals surface area contributed by atoms with Gasteiger partial charge in [-0.05, 0) is 25.3 Å². The lowest BCUT2D eigenvalue weighted by Crippen LogP contribution is -2.15. The van der Waals surface area contributed by atoms with Crippen molar-refractivity contribution in [3.63, 3.8) is 0 Å². The minimum Gasteiger partial charge on any atom is -0.491 e. The summed E-state index contributed by atoms with van der Waals surface area (Å²) in [7, 11) is 0. The first-order valence-electron chi connectivity index (χ1n) is 5.36. The molecule has 0 fully saturated rings. The normalized spacial score (nSPS) is 10.4. The van der Waals surface area contributed by atoms with Crippen LogP contribution in [0.1, 0.15) is 5.56 Å². The fourth-order valence-electron chi connectivity index (χ4n) is 1.17. The molecule has 0 atom stereocenters. The van der Waals surface area contributed by atoms with Gasteiger partial charge in [-0.3, -0.25) is 4.72 Å². The highest BCUT2D eigenvalue weighted by atomic mass is 32.2. The number of ether oxygens (including phenoxy) is 2. The van der Waals surface area contributed by atoms with Crippen LogP contribution in [-0.4, -0.2) is 32.6 Å². The van der Waals surface area contributed by atoms with Gasteiger partial charge in [0.05, 0.1) is 13.2 Å². The fraction of sp³-hybridized carbons (Fsp3) is 0.500. The summed E-state index contributed by atoms with van der Waals surface area (Å²) < 4.78 is 14.0. The number of hydrogen-bond donors (Lipinski definition) is 1. The Kier molecular flexibility index (Phi) is 7.05. The maximum Gasteiger partial charge on any atom is 0.119 e. The zero-order valence-corrected chi connectivity index (χ0v) is 10.7. The van der Waals surface area contributed by atoms with E-state index in [1.165, 1.54) is 5.56 Å². The SMILES string of the molecule is CSNCCOCCOc1ccc(C)cc1. The molecule has 0 aliphatic carbocycles. The van der Waals surface area contributed by atoms with Gasteiger partial charge in [0.1, 0.15) is 12.4 Å². The van der Waals surface area contributed by atoms with Crippen molar-refractivity contribution in [2.75, 3.05) is 32.6 Å². The molecule has 90 valence electrons. The van der Waals surface area contributed by atoms with Gasteiger partial charge in [0.2, 0.25) is 0 Å². The molecule has 0 saturated carbocycles. The number of hydrogen-bond acceptors (Lipinski definition) is 4. The highest BCUT2D eigenvalue weighted by Gasteiger charge is 1.93. The van der Waals surface area contributed by atoms with E-state index >= 15 is 0 Å². The Hall–Kier alpha value is -0.710. The van der Waals surface area contributed by atoms with E-state index in [1.54, 1.807) is 11.9 Å². The zero-order valence-electron chi connectivity index (χ0n) is 9.86. The molecule has 3 nitrogen and oxygen atoms in total. The van der Waals surface area contributed by atoms with E-state index in [1.807, 2.05) is 30.5 Å². The average Bonchev–Trinajstić information content (AvgIpc) is 2.30. The predicted octanol–water partition coefficient (Wildman–Crippen LogP) is 2.26. The summed E-state index contributed by atoms with van der Waals surface area (Å²) in [5.74, 6) is 0.899. The molecule has 0 amide bonds. The Labute approximate surface area is 102 Å². The molecule has 0 aliphatic rings. The Morgan fingerprint density at radius 2 is 1.88 bits per heavy atom. The number of rotatable bonds is 8. The van der Waals surface area contributed by atoms with E-state index in [0.29, 0.717) is 13.2 Å². The van der Waals surface area contributed by atoms with Gasteiger partial charge < -0.3 is 9.47 Å². The predicted molar refractivity (Wildman–Crippen MR) is 69.0 cm³/mol. The van der Waals surface area contributed by atoms with Gasteiger partial charge in [0, 0.05) is 6.54 Å². The van der Waals surface area contributed by atoms with E-state index in [0.717, 1.165) is 18.9 Å². The third-order valence-electron chi connectivity index (χ3n) is 2.01. The van der Waals surface area contributed by atoms with Crippen molar-refractivity contribution in [3.05, 3.63) is 29.8 Å². The van der Waals surface area contributed by atoms with Crippen molar-refractivity contribution < 1.29 is 9.47 Å². The Morgan fingerprint density at radius 3 is 2.56 bits per heavy atom. The van der Waals surface area contributed by atoms with Crippen LogP contribution in [0, 0.1) is 6.92 Å². The molecule has 0 saturated heterocycles. The average molecular weight is 241 g/mol. The van der Waals surface area contributed by atoms with Crippen molar-refractivity contribution >= 4 is 11.9 Å². The van der Waals surface area contributed by atoms with Crippen molar-refractivity contribution in [1.82, 2.24) is 4.72 Å². The van der Waals surface area contributed by atoms with E-state index in [2.05, 4.69) is 11.6 Å². The minimum atomic E-state index is 0.600. The first-order chi connectivity index (χ1) is 7.83. The number of benzene rings is 1. The van der Waals surface area contributed by atoms with Gasteiger partial charge in [-0.25, -0.2) is 0 Å². The Morgan fingerprint density at radius 1 is 1.12 bits per heavy atom. The molecule has 16 heavy (non-hydrogen) atoms. The highest BCUT2D eigenvalue weighted by molar-refractivity contribution is 7.96. The lowest BCUT2D eigenvalue weighted by atomic mass is 10.2. The summed E-state index contributed by atoms with van der Waals surface area (Å²) in [6.07, 6.45) is 2.00. The third-order valence-corrected chi connectivity index (χ3v) is 2.50. The van der Waals surface area contributed by atoms with Crippen LogP contribution in [0.3, 0.4) is 0 Å². The van der Waals surface area contributed by atoms with Crippen molar-refractivity contribution in [3.8, 4) is 5.75 Å². The molecule has 1 N–H and O–H groups in total. The van der Waals surface area contributed by atoms with Crippen LogP contribution in [0.4, 0.5) is 0 Å². The summed E-state index contributed by atoms with van der Waals surface area (Å²) in [5, 5.41) is 0.